The van der Waals surface area contributed by atoms with Gasteiger partial charge in [0.05, 0.1) is 26.2 Å². The first-order valence-corrected chi connectivity index (χ1v) is 10.6. The Morgan fingerprint density at radius 2 is 1.68 bits per heavy atom. The summed E-state index contributed by atoms with van der Waals surface area (Å²) in [4.78, 5) is 17.1. The van der Waals surface area contributed by atoms with Gasteiger partial charge in [-0.05, 0) is 55.0 Å². The number of amides is 1. The van der Waals surface area contributed by atoms with Gasteiger partial charge in [0.25, 0.3) is 0 Å². The van der Waals surface area contributed by atoms with Gasteiger partial charge < -0.3 is 14.8 Å². The van der Waals surface area contributed by atoms with E-state index in [1.807, 2.05) is 61.5 Å². The van der Waals surface area contributed by atoms with E-state index < -0.39 is 0 Å². The van der Waals surface area contributed by atoms with Crippen LogP contribution in [0, 0.1) is 6.92 Å². The Morgan fingerprint density at radius 1 is 1.03 bits per heavy atom. The first-order valence-electron chi connectivity index (χ1n) is 9.64. The van der Waals surface area contributed by atoms with Gasteiger partial charge in [-0.25, -0.2) is 9.50 Å². The quantitative estimate of drug-likeness (QED) is 0.342. The number of hydrogen-bond acceptors (Lipinski definition) is 6. The van der Waals surface area contributed by atoms with Gasteiger partial charge >= 0.3 is 0 Å². The maximum atomic E-state index is 12.4. The lowest BCUT2D eigenvalue weighted by atomic mass is 10.1. The van der Waals surface area contributed by atoms with E-state index in [4.69, 9.17) is 9.47 Å². The van der Waals surface area contributed by atoms with Crippen LogP contribution in [0.15, 0.2) is 65.8 Å². The number of nitrogens with zero attached hydrogens (tertiary/aromatic N) is 3. The van der Waals surface area contributed by atoms with E-state index in [1.54, 1.807) is 24.9 Å². The zero-order valence-corrected chi connectivity index (χ0v) is 18.3. The molecule has 0 saturated carbocycles. The van der Waals surface area contributed by atoms with Crippen molar-refractivity contribution < 1.29 is 14.3 Å². The summed E-state index contributed by atoms with van der Waals surface area (Å²) in [5.41, 5.74) is 4.27. The van der Waals surface area contributed by atoms with Crippen LogP contribution in [0.1, 0.15) is 5.69 Å². The van der Waals surface area contributed by atoms with Crippen molar-refractivity contribution in [1.29, 1.82) is 0 Å². The predicted octanol–water partition coefficient (Wildman–Crippen LogP) is 4.45. The Labute approximate surface area is 184 Å². The Kier molecular flexibility index (Phi) is 6.08. The third kappa shape index (κ3) is 4.64. The highest BCUT2D eigenvalue weighted by Gasteiger charge is 2.14. The lowest BCUT2D eigenvalue weighted by Gasteiger charge is -2.08. The summed E-state index contributed by atoms with van der Waals surface area (Å²) in [5, 5.41) is 8.27. The summed E-state index contributed by atoms with van der Waals surface area (Å²) in [6.45, 7) is 1.94. The van der Waals surface area contributed by atoms with E-state index in [0.717, 1.165) is 44.7 Å². The number of benzene rings is 2. The van der Waals surface area contributed by atoms with Crippen LogP contribution in [0.25, 0.3) is 16.8 Å². The fraction of sp³-hybridized carbons (Fsp3) is 0.174. The highest BCUT2D eigenvalue weighted by Crippen LogP contribution is 2.29. The average Bonchev–Trinajstić information content (AvgIpc) is 3.22. The third-order valence-electron chi connectivity index (χ3n) is 4.69. The molecule has 2 aromatic heterocycles. The van der Waals surface area contributed by atoms with Crippen molar-refractivity contribution >= 4 is 29.0 Å². The van der Waals surface area contributed by atoms with E-state index >= 15 is 0 Å². The molecular weight excluding hydrogens is 412 g/mol. The zero-order valence-electron chi connectivity index (χ0n) is 17.5. The van der Waals surface area contributed by atoms with Crippen LogP contribution in [0.5, 0.6) is 11.5 Å². The van der Waals surface area contributed by atoms with Crippen molar-refractivity contribution in [3.05, 3.63) is 66.5 Å². The Balaban J connectivity index is 1.52. The van der Waals surface area contributed by atoms with Gasteiger partial charge in [-0.2, -0.15) is 5.10 Å². The van der Waals surface area contributed by atoms with Gasteiger partial charge in [0.15, 0.2) is 5.65 Å². The molecule has 1 amide bonds. The van der Waals surface area contributed by atoms with E-state index in [-0.39, 0.29) is 11.7 Å². The number of carbonyl (C=O) groups excluding carboxylic acids is 1. The lowest BCUT2D eigenvalue weighted by Crippen LogP contribution is -2.14. The fourth-order valence-electron chi connectivity index (χ4n) is 3.14. The third-order valence-corrected chi connectivity index (χ3v) is 5.69. The number of ether oxygens (including phenoxy) is 2. The summed E-state index contributed by atoms with van der Waals surface area (Å²) in [5.74, 6) is 1.69. The molecule has 0 aliphatic heterocycles. The summed E-state index contributed by atoms with van der Waals surface area (Å²) in [6.07, 6.45) is 1.80. The number of hydrogen-bond donors (Lipinski definition) is 1. The molecule has 0 unspecified atom stereocenters. The molecule has 0 saturated heterocycles. The molecule has 1 N–H and O–H groups in total. The summed E-state index contributed by atoms with van der Waals surface area (Å²) in [6, 6.07) is 17.0. The molecular formula is C23H22N4O3S. The second-order valence-electron chi connectivity index (χ2n) is 6.82. The van der Waals surface area contributed by atoms with Crippen LogP contribution >= 0.6 is 11.8 Å². The van der Waals surface area contributed by atoms with Crippen molar-refractivity contribution in [3.63, 3.8) is 0 Å². The molecule has 4 rings (SSSR count). The molecule has 0 aliphatic carbocycles. The zero-order chi connectivity index (χ0) is 21.8. The molecule has 2 aromatic carbocycles. The first kappa shape index (κ1) is 20.7. The van der Waals surface area contributed by atoms with Gasteiger partial charge in [0.2, 0.25) is 5.91 Å². The number of anilines is 1. The van der Waals surface area contributed by atoms with Crippen LogP contribution < -0.4 is 14.8 Å². The predicted molar refractivity (Wildman–Crippen MR) is 122 cm³/mol. The minimum Gasteiger partial charge on any atom is -0.497 e. The number of carbonyl (C=O) groups is 1. The molecule has 158 valence electrons. The van der Waals surface area contributed by atoms with Crippen molar-refractivity contribution in [2.24, 2.45) is 0 Å². The van der Waals surface area contributed by atoms with Crippen LogP contribution in [0.2, 0.25) is 0 Å². The molecule has 0 radical (unpaired) electrons. The summed E-state index contributed by atoms with van der Waals surface area (Å²) in [7, 11) is 3.25. The van der Waals surface area contributed by atoms with Gasteiger partial charge in [-0.15, -0.1) is 0 Å². The molecule has 0 spiro atoms. The number of thioether (sulfide) groups is 1. The van der Waals surface area contributed by atoms with Crippen molar-refractivity contribution in [3.8, 4) is 22.6 Å². The van der Waals surface area contributed by atoms with E-state index in [9.17, 15) is 4.79 Å². The normalized spacial score (nSPS) is 10.8. The molecule has 7 nitrogen and oxygen atoms in total. The van der Waals surface area contributed by atoms with Crippen LogP contribution in [-0.2, 0) is 4.79 Å². The molecule has 0 fully saturated rings. The first-order chi connectivity index (χ1) is 15.1. The van der Waals surface area contributed by atoms with E-state index in [2.05, 4.69) is 15.4 Å². The van der Waals surface area contributed by atoms with Gasteiger partial charge in [-0.1, -0.05) is 23.9 Å². The number of methoxy groups -OCH3 is 2. The number of nitrogens with one attached hydrogen (secondary N) is 1. The maximum Gasteiger partial charge on any atom is 0.234 e. The van der Waals surface area contributed by atoms with Crippen molar-refractivity contribution in [2.45, 2.75) is 11.9 Å². The SMILES string of the molecule is COc1ccc(NC(=O)CSc2cc(C)nc3c(-c4ccc(OC)cc4)cnn23)cc1. The van der Waals surface area contributed by atoms with Crippen molar-refractivity contribution in [2.75, 3.05) is 25.3 Å². The van der Waals surface area contributed by atoms with Crippen LogP contribution in [-0.4, -0.2) is 40.5 Å². The smallest absolute Gasteiger partial charge is 0.234 e. The Morgan fingerprint density at radius 3 is 2.32 bits per heavy atom. The second-order valence-corrected chi connectivity index (χ2v) is 7.82. The Bertz CT molecular complexity index is 1200. The maximum absolute atomic E-state index is 12.4. The second kappa shape index (κ2) is 9.09. The molecule has 0 atom stereocenters. The van der Waals surface area contributed by atoms with Crippen LogP contribution in [0.3, 0.4) is 0 Å². The largest absolute Gasteiger partial charge is 0.497 e. The highest BCUT2D eigenvalue weighted by molar-refractivity contribution is 7.99. The topological polar surface area (TPSA) is 77.8 Å². The fourth-order valence-corrected chi connectivity index (χ4v) is 4.00. The van der Waals surface area contributed by atoms with Gasteiger partial charge in [0.1, 0.15) is 16.5 Å². The molecule has 2 heterocycles. The standard InChI is InChI=1S/C23H22N4O3S/c1-15-12-22(31-14-21(28)26-17-6-10-19(30-3)11-7-17)27-23(25-15)20(13-24-27)16-4-8-18(29-2)9-5-16/h4-13H,14H2,1-3H3,(H,26,28). The minimum atomic E-state index is -0.0969. The minimum absolute atomic E-state index is 0.0969. The number of rotatable bonds is 7. The molecule has 0 aliphatic rings. The average molecular weight is 435 g/mol. The van der Waals surface area contributed by atoms with E-state index in [1.165, 1.54) is 11.8 Å². The highest BCUT2D eigenvalue weighted by atomic mass is 32.2. The Hall–Kier alpha value is -3.52. The molecule has 0 bridgehead atoms. The van der Waals surface area contributed by atoms with Gasteiger partial charge in [-0.3, -0.25) is 4.79 Å². The van der Waals surface area contributed by atoms with Gasteiger partial charge in [0, 0.05) is 16.9 Å². The summed E-state index contributed by atoms with van der Waals surface area (Å²) >= 11 is 1.42. The van der Waals surface area contributed by atoms with E-state index in [0.29, 0.717) is 0 Å². The van der Waals surface area contributed by atoms with Crippen LogP contribution in [0.4, 0.5) is 5.69 Å². The molecule has 31 heavy (non-hydrogen) atoms. The number of aryl methyl sites for hydroxylation is 1. The number of aromatic nitrogens is 3. The molecule has 8 heteroatoms. The van der Waals surface area contributed by atoms with Crippen molar-refractivity contribution in [1.82, 2.24) is 14.6 Å². The molecule has 4 aromatic rings. The monoisotopic (exact) mass is 434 g/mol. The number of fused-ring (bicyclic) bond motifs is 1. The lowest BCUT2D eigenvalue weighted by molar-refractivity contribution is -0.113. The summed E-state index contributed by atoms with van der Waals surface area (Å²) < 4.78 is 12.2.